The Balaban J connectivity index is 1.41. The number of hydrogen-bond acceptors (Lipinski definition) is 7. The molecule has 0 aliphatic carbocycles. The summed E-state index contributed by atoms with van der Waals surface area (Å²) >= 11 is 6.57. The minimum atomic E-state index is -0.469. The van der Waals surface area contributed by atoms with Crippen molar-refractivity contribution in [2.75, 3.05) is 23.4 Å². The summed E-state index contributed by atoms with van der Waals surface area (Å²) in [5.41, 5.74) is 1.45. The molecule has 9 nitrogen and oxygen atoms in total. The molecular weight excluding hydrogens is 460 g/mol. The van der Waals surface area contributed by atoms with E-state index >= 15 is 0 Å². The van der Waals surface area contributed by atoms with Crippen LogP contribution in [-0.2, 0) is 22.6 Å². The van der Waals surface area contributed by atoms with E-state index in [0.29, 0.717) is 47.5 Å². The van der Waals surface area contributed by atoms with E-state index < -0.39 is 5.92 Å². The first-order chi connectivity index (χ1) is 16.0. The molecule has 1 fully saturated rings. The van der Waals surface area contributed by atoms with Crippen LogP contribution >= 0.6 is 23.6 Å². The number of anilines is 2. The van der Waals surface area contributed by atoms with Crippen LogP contribution in [0.2, 0.25) is 0 Å². The maximum absolute atomic E-state index is 12.9. The third-order valence-electron chi connectivity index (χ3n) is 5.22. The largest absolute Gasteiger partial charge is 0.492 e. The third-order valence-corrected chi connectivity index (χ3v) is 6.34. The molecule has 0 bridgehead atoms. The third kappa shape index (κ3) is 5.04. The zero-order valence-corrected chi connectivity index (χ0v) is 19.7. The highest BCUT2D eigenvalue weighted by molar-refractivity contribution is 7.71. The lowest BCUT2D eigenvalue weighted by Gasteiger charge is -2.20. The van der Waals surface area contributed by atoms with E-state index in [9.17, 15) is 9.59 Å². The number of benzene rings is 1. The number of ether oxygens (including phenoxy) is 1. The van der Waals surface area contributed by atoms with Gasteiger partial charge in [0.05, 0.1) is 30.3 Å². The monoisotopic (exact) mass is 484 g/mol. The second-order valence-corrected chi connectivity index (χ2v) is 8.71. The summed E-state index contributed by atoms with van der Waals surface area (Å²) in [6.45, 7) is 6.97. The highest BCUT2D eigenvalue weighted by atomic mass is 32.1. The van der Waals surface area contributed by atoms with Gasteiger partial charge < -0.3 is 15.0 Å². The predicted octanol–water partition coefficient (Wildman–Crippen LogP) is 3.56. The van der Waals surface area contributed by atoms with Gasteiger partial charge in [0.15, 0.2) is 9.90 Å². The number of aromatic amines is 1. The molecule has 2 aromatic heterocycles. The highest BCUT2D eigenvalue weighted by Gasteiger charge is 2.36. The number of nitrogens with one attached hydrogen (secondary N) is 2. The minimum Gasteiger partial charge on any atom is -0.492 e. The van der Waals surface area contributed by atoms with E-state index in [0.717, 1.165) is 11.5 Å². The zero-order valence-electron chi connectivity index (χ0n) is 18.1. The molecule has 1 aliphatic heterocycles. The quantitative estimate of drug-likeness (QED) is 0.355. The van der Waals surface area contributed by atoms with E-state index in [2.05, 4.69) is 27.1 Å². The molecule has 1 aromatic carbocycles. The standard InChI is InChI=1S/C22H24N6O3S2/c1-3-9-27-18(25-26-22(27)32)11-15-13-33-21(23-15)24-20(30)14-10-19(29)28(12-14)16-7-5-6-8-17(16)31-4-2/h3,5-8,13-14H,1,4,9-12H2,2H3,(H,26,32)(H,23,24,30)/t14-/m1/s1. The van der Waals surface area contributed by atoms with Crippen LogP contribution in [0.25, 0.3) is 0 Å². The van der Waals surface area contributed by atoms with Gasteiger partial charge in [0.25, 0.3) is 0 Å². The number of thiazole rings is 1. The number of aromatic nitrogens is 4. The highest BCUT2D eigenvalue weighted by Crippen LogP contribution is 2.33. The van der Waals surface area contributed by atoms with Gasteiger partial charge in [0.1, 0.15) is 11.6 Å². The van der Waals surface area contributed by atoms with Gasteiger partial charge in [-0.3, -0.25) is 19.3 Å². The smallest absolute Gasteiger partial charge is 0.231 e. The maximum atomic E-state index is 12.9. The Hall–Kier alpha value is -3.31. The van der Waals surface area contributed by atoms with Crippen LogP contribution in [0.1, 0.15) is 24.9 Å². The topological polar surface area (TPSA) is 105 Å². The molecule has 0 spiro atoms. The fourth-order valence-electron chi connectivity index (χ4n) is 3.69. The van der Waals surface area contributed by atoms with Crippen molar-refractivity contribution in [3.8, 4) is 5.75 Å². The first-order valence-corrected chi connectivity index (χ1v) is 11.8. The first kappa shape index (κ1) is 22.9. The van der Waals surface area contributed by atoms with Crippen LogP contribution < -0.4 is 15.0 Å². The summed E-state index contributed by atoms with van der Waals surface area (Å²) in [4.78, 5) is 31.6. The van der Waals surface area contributed by atoms with Crippen LogP contribution in [-0.4, -0.2) is 44.7 Å². The van der Waals surface area contributed by atoms with Gasteiger partial charge in [-0.15, -0.1) is 17.9 Å². The van der Waals surface area contributed by atoms with Crippen molar-refractivity contribution in [2.24, 2.45) is 5.92 Å². The Morgan fingerprint density at radius 3 is 3.06 bits per heavy atom. The van der Waals surface area contributed by atoms with E-state index in [1.54, 1.807) is 11.0 Å². The molecule has 0 unspecified atom stereocenters. The number of nitrogens with zero attached hydrogens (tertiary/aromatic N) is 4. The molecule has 1 saturated heterocycles. The second kappa shape index (κ2) is 10.1. The van der Waals surface area contributed by atoms with E-state index in [-0.39, 0.29) is 18.2 Å². The fraction of sp³-hybridized carbons (Fsp3) is 0.318. The number of carbonyl (C=O) groups excluding carboxylic acids is 2. The normalized spacial score (nSPS) is 15.6. The molecule has 11 heteroatoms. The first-order valence-electron chi connectivity index (χ1n) is 10.5. The zero-order chi connectivity index (χ0) is 23.4. The van der Waals surface area contributed by atoms with Crippen molar-refractivity contribution in [2.45, 2.75) is 26.3 Å². The SMILES string of the molecule is C=CCn1c(Cc2csc(NC(=O)[C@@H]3CC(=O)N(c4ccccc4OCC)C3)n2)n[nH]c1=S. The van der Waals surface area contributed by atoms with E-state index in [4.69, 9.17) is 17.0 Å². The summed E-state index contributed by atoms with van der Waals surface area (Å²) in [6.07, 6.45) is 2.36. The molecule has 4 rings (SSSR count). The maximum Gasteiger partial charge on any atom is 0.231 e. The Labute approximate surface area is 200 Å². The fourth-order valence-corrected chi connectivity index (χ4v) is 4.63. The van der Waals surface area contributed by atoms with Gasteiger partial charge in [-0.05, 0) is 31.3 Å². The number of hydrogen-bond donors (Lipinski definition) is 2. The number of rotatable bonds is 9. The van der Waals surface area contributed by atoms with Crippen molar-refractivity contribution in [1.29, 1.82) is 0 Å². The van der Waals surface area contributed by atoms with Gasteiger partial charge in [-0.25, -0.2) is 4.98 Å². The molecule has 172 valence electrons. The Bertz CT molecular complexity index is 1230. The number of allylic oxidation sites excluding steroid dienone is 1. The van der Waals surface area contributed by atoms with Crippen LogP contribution in [0.5, 0.6) is 5.75 Å². The number of amides is 2. The Morgan fingerprint density at radius 1 is 1.45 bits per heavy atom. The molecule has 1 aliphatic rings. The van der Waals surface area contributed by atoms with Crippen molar-refractivity contribution in [3.05, 3.63) is 58.6 Å². The van der Waals surface area contributed by atoms with Gasteiger partial charge >= 0.3 is 0 Å². The van der Waals surface area contributed by atoms with Crippen LogP contribution in [0.3, 0.4) is 0 Å². The minimum absolute atomic E-state index is 0.104. The van der Waals surface area contributed by atoms with E-state index in [1.165, 1.54) is 11.3 Å². The summed E-state index contributed by atoms with van der Waals surface area (Å²) in [5, 5.41) is 12.2. The lowest BCUT2D eigenvalue weighted by molar-refractivity contribution is -0.122. The molecule has 2 N–H and O–H groups in total. The Kier molecular flexibility index (Phi) is 6.99. The summed E-state index contributed by atoms with van der Waals surface area (Å²) in [6, 6.07) is 7.36. The van der Waals surface area contributed by atoms with Crippen molar-refractivity contribution < 1.29 is 14.3 Å². The molecule has 33 heavy (non-hydrogen) atoms. The molecule has 3 aromatic rings. The molecule has 3 heterocycles. The van der Waals surface area contributed by atoms with Gasteiger partial charge in [0.2, 0.25) is 11.8 Å². The predicted molar refractivity (Wildman–Crippen MR) is 129 cm³/mol. The van der Waals surface area contributed by atoms with Crippen LogP contribution in [0.15, 0.2) is 42.3 Å². The average molecular weight is 485 g/mol. The summed E-state index contributed by atoms with van der Waals surface area (Å²) in [5.74, 6) is 0.576. The average Bonchev–Trinajstić information content (AvgIpc) is 3.50. The van der Waals surface area contributed by atoms with Crippen molar-refractivity contribution >= 4 is 46.2 Å². The van der Waals surface area contributed by atoms with Crippen LogP contribution in [0, 0.1) is 10.7 Å². The van der Waals surface area contributed by atoms with Gasteiger partial charge in [0, 0.05) is 24.9 Å². The molecule has 0 radical (unpaired) electrons. The number of carbonyl (C=O) groups is 2. The molecular formula is C22H24N6O3S2. The summed E-state index contributed by atoms with van der Waals surface area (Å²) < 4.78 is 8.01. The van der Waals surface area contributed by atoms with Gasteiger partial charge in [-0.2, -0.15) is 5.10 Å². The molecule has 2 amide bonds. The number of para-hydroxylation sites is 2. The molecule has 1 atom stereocenters. The lowest BCUT2D eigenvalue weighted by atomic mass is 10.1. The van der Waals surface area contributed by atoms with Crippen molar-refractivity contribution in [1.82, 2.24) is 19.7 Å². The summed E-state index contributed by atoms with van der Waals surface area (Å²) in [7, 11) is 0. The van der Waals surface area contributed by atoms with Crippen LogP contribution in [0.4, 0.5) is 10.8 Å². The number of H-pyrrole nitrogens is 1. The Morgan fingerprint density at radius 2 is 2.27 bits per heavy atom. The van der Waals surface area contributed by atoms with Crippen molar-refractivity contribution in [3.63, 3.8) is 0 Å². The van der Waals surface area contributed by atoms with E-state index in [1.807, 2.05) is 41.1 Å². The lowest BCUT2D eigenvalue weighted by Crippen LogP contribution is -2.28. The van der Waals surface area contributed by atoms with Gasteiger partial charge in [-0.1, -0.05) is 18.2 Å². The molecule has 0 saturated carbocycles. The second-order valence-electron chi connectivity index (χ2n) is 7.46.